The van der Waals surface area contributed by atoms with Crippen molar-refractivity contribution >= 4 is 56.1 Å². The van der Waals surface area contributed by atoms with Crippen molar-refractivity contribution in [1.29, 1.82) is 0 Å². The normalized spacial score (nSPS) is 15.6. The van der Waals surface area contributed by atoms with E-state index in [4.69, 9.17) is 23.7 Å². The maximum absolute atomic E-state index is 6.32. The first-order valence-corrected chi connectivity index (χ1v) is 16.4. The van der Waals surface area contributed by atoms with Gasteiger partial charge in [-0.15, -0.1) is 0 Å². The fraction of sp³-hybridized carbons (Fsp3) is 0.143. The second-order valence-corrected chi connectivity index (χ2v) is 13.7. The van der Waals surface area contributed by atoms with E-state index in [9.17, 15) is 0 Å². The summed E-state index contributed by atoms with van der Waals surface area (Å²) in [5.41, 5.74) is 6.56. The lowest BCUT2D eigenvalue weighted by atomic mass is 9.79. The van der Waals surface area contributed by atoms with Gasteiger partial charge in [0.15, 0.2) is 5.82 Å². The van der Waals surface area contributed by atoms with Crippen molar-refractivity contribution in [3.8, 4) is 33.9 Å². The summed E-state index contributed by atoms with van der Waals surface area (Å²) in [5, 5.41) is 6.86. The van der Waals surface area contributed by atoms with Crippen LogP contribution in [0.15, 0.2) is 132 Å². The Hall–Kier alpha value is -5.30. The summed E-state index contributed by atoms with van der Waals surface area (Å²) < 4.78 is 18.9. The molecule has 2 aromatic heterocycles. The zero-order valence-electron chi connectivity index (χ0n) is 27.3. The molecule has 5 nitrogen and oxygen atoms in total. The zero-order valence-corrected chi connectivity index (χ0v) is 27.3. The third-order valence-electron chi connectivity index (χ3n) is 10.1. The lowest BCUT2D eigenvalue weighted by Crippen LogP contribution is -2.41. The molecule has 1 fully saturated rings. The van der Waals surface area contributed by atoms with E-state index in [1.54, 1.807) is 0 Å². The maximum Gasteiger partial charge on any atom is 0.494 e. The van der Waals surface area contributed by atoms with Crippen molar-refractivity contribution < 1.29 is 13.7 Å². The third-order valence-corrected chi connectivity index (χ3v) is 10.1. The molecule has 1 saturated heterocycles. The van der Waals surface area contributed by atoms with E-state index in [0.29, 0.717) is 5.82 Å². The fourth-order valence-corrected chi connectivity index (χ4v) is 6.79. The standard InChI is InChI=1S/C42H33BN2O3/c1-41(2)42(3,4)48-43(47-41)30-20-16-28(17-21-30)40-44-35(25-36(45-40)33-15-9-12-26-10-5-7-13-31(26)33)29-19-22-37-34(24-29)39-32-14-8-6-11-27(32)18-23-38(39)46-37/h5-25H,1-4H3. The Bertz CT molecular complexity index is 2510. The smallest absolute Gasteiger partial charge is 0.456 e. The highest BCUT2D eigenvalue weighted by Crippen LogP contribution is 2.39. The summed E-state index contributed by atoms with van der Waals surface area (Å²) in [7, 11) is -0.435. The molecular formula is C42H33BN2O3. The first-order chi connectivity index (χ1) is 23.2. The minimum atomic E-state index is -0.435. The second-order valence-electron chi connectivity index (χ2n) is 13.7. The van der Waals surface area contributed by atoms with Gasteiger partial charge in [-0.3, -0.25) is 0 Å². The van der Waals surface area contributed by atoms with Crippen molar-refractivity contribution in [2.75, 3.05) is 0 Å². The predicted molar refractivity (Wildman–Crippen MR) is 196 cm³/mol. The van der Waals surface area contributed by atoms with Gasteiger partial charge in [-0.2, -0.15) is 0 Å². The highest BCUT2D eigenvalue weighted by Gasteiger charge is 2.51. The Kier molecular flexibility index (Phi) is 6.39. The van der Waals surface area contributed by atoms with Gasteiger partial charge in [0.05, 0.1) is 22.6 Å². The molecule has 8 aromatic rings. The van der Waals surface area contributed by atoms with Crippen molar-refractivity contribution in [3.63, 3.8) is 0 Å². The van der Waals surface area contributed by atoms with Crippen molar-refractivity contribution in [2.45, 2.75) is 38.9 Å². The highest BCUT2D eigenvalue weighted by atomic mass is 16.7. The van der Waals surface area contributed by atoms with Crippen LogP contribution >= 0.6 is 0 Å². The van der Waals surface area contributed by atoms with E-state index >= 15 is 0 Å². The van der Waals surface area contributed by atoms with Gasteiger partial charge in [0.25, 0.3) is 0 Å². The van der Waals surface area contributed by atoms with E-state index in [-0.39, 0.29) is 0 Å². The molecule has 0 unspecified atom stereocenters. The van der Waals surface area contributed by atoms with Crippen LogP contribution in [0.25, 0.3) is 77.4 Å². The van der Waals surface area contributed by atoms with Gasteiger partial charge in [0.1, 0.15) is 11.2 Å². The number of hydrogen-bond acceptors (Lipinski definition) is 5. The highest BCUT2D eigenvalue weighted by molar-refractivity contribution is 6.62. The monoisotopic (exact) mass is 624 g/mol. The van der Waals surface area contributed by atoms with E-state index in [2.05, 4.69) is 155 Å². The number of hydrogen-bond donors (Lipinski definition) is 0. The Morgan fingerprint density at radius 2 is 1.15 bits per heavy atom. The molecule has 0 saturated carbocycles. The molecule has 0 aliphatic carbocycles. The molecule has 232 valence electrons. The first-order valence-electron chi connectivity index (χ1n) is 16.4. The van der Waals surface area contributed by atoms with Gasteiger partial charge >= 0.3 is 7.12 Å². The molecule has 3 heterocycles. The van der Waals surface area contributed by atoms with Crippen LogP contribution in [0.5, 0.6) is 0 Å². The maximum atomic E-state index is 6.32. The van der Waals surface area contributed by atoms with Crippen LogP contribution in [0.2, 0.25) is 0 Å². The van der Waals surface area contributed by atoms with Gasteiger partial charge in [-0.05, 0) is 85.0 Å². The Balaban J connectivity index is 1.21. The third kappa shape index (κ3) is 4.63. The SMILES string of the molecule is CC1(C)OB(c2ccc(-c3nc(-c4ccc5oc6ccc7ccccc7c6c5c4)cc(-c4cccc5ccccc45)n3)cc2)OC1(C)C. The Labute approximate surface area is 279 Å². The van der Waals surface area contributed by atoms with Crippen LogP contribution < -0.4 is 5.46 Å². The number of benzene rings is 6. The largest absolute Gasteiger partial charge is 0.494 e. The predicted octanol–water partition coefficient (Wildman–Crippen LogP) is 9.98. The van der Waals surface area contributed by atoms with Crippen LogP contribution in [0.3, 0.4) is 0 Å². The molecular weight excluding hydrogens is 591 g/mol. The molecule has 6 aromatic carbocycles. The zero-order chi connectivity index (χ0) is 32.6. The summed E-state index contributed by atoms with van der Waals surface area (Å²) in [6, 6.07) is 44.1. The number of nitrogens with zero attached hydrogens (tertiary/aromatic N) is 2. The number of aromatic nitrogens is 2. The Morgan fingerprint density at radius 1 is 0.521 bits per heavy atom. The van der Waals surface area contributed by atoms with E-state index in [0.717, 1.165) is 60.9 Å². The van der Waals surface area contributed by atoms with Gasteiger partial charge < -0.3 is 13.7 Å². The number of fused-ring (bicyclic) bond motifs is 6. The quantitative estimate of drug-likeness (QED) is 0.183. The summed E-state index contributed by atoms with van der Waals surface area (Å²) in [4.78, 5) is 10.4. The Morgan fingerprint density at radius 3 is 1.92 bits per heavy atom. The van der Waals surface area contributed by atoms with E-state index in [1.807, 2.05) is 0 Å². The number of rotatable bonds is 4. The first kappa shape index (κ1) is 28.9. The molecule has 0 bridgehead atoms. The molecule has 0 atom stereocenters. The minimum Gasteiger partial charge on any atom is -0.456 e. The minimum absolute atomic E-state index is 0.408. The lowest BCUT2D eigenvalue weighted by Gasteiger charge is -2.32. The lowest BCUT2D eigenvalue weighted by molar-refractivity contribution is 0.00578. The summed E-state index contributed by atoms with van der Waals surface area (Å²) >= 11 is 0. The van der Waals surface area contributed by atoms with E-state index in [1.165, 1.54) is 16.2 Å². The average molecular weight is 625 g/mol. The molecule has 1 aliphatic heterocycles. The van der Waals surface area contributed by atoms with Crippen LogP contribution in [0.1, 0.15) is 27.7 Å². The van der Waals surface area contributed by atoms with Gasteiger partial charge in [-0.1, -0.05) is 97.1 Å². The summed E-state index contributed by atoms with van der Waals surface area (Å²) in [6.45, 7) is 8.28. The molecule has 48 heavy (non-hydrogen) atoms. The van der Waals surface area contributed by atoms with Crippen LogP contribution in [-0.4, -0.2) is 28.3 Å². The van der Waals surface area contributed by atoms with Crippen molar-refractivity contribution in [1.82, 2.24) is 9.97 Å². The average Bonchev–Trinajstić information content (AvgIpc) is 3.59. The van der Waals surface area contributed by atoms with E-state index < -0.39 is 18.3 Å². The van der Waals surface area contributed by atoms with Gasteiger partial charge in [0, 0.05) is 27.5 Å². The molecule has 1 aliphatic rings. The molecule has 0 amide bonds. The molecule has 0 N–H and O–H groups in total. The van der Waals surface area contributed by atoms with Crippen molar-refractivity contribution in [2.24, 2.45) is 0 Å². The van der Waals surface area contributed by atoms with Crippen molar-refractivity contribution in [3.05, 3.63) is 127 Å². The summed E-state index contributed by atoms with van der Waals surface area (Å²) in [6.07, 6.45) is 0. The molecule has 6 heteroatoms. The van der Waals surface area contributed by atoms with Crippen LogP contribution in [-0.2, 0) is 9.31 Å². The molecule has 0 radical (unpaired) electrons. The topological polar surface area (TPSA) is 57.4 Å². The molecule has 9 rings (SSSR count). The van der Waals surface area contributed by atoms with Gasteiger partial charge in [0.2, 0.25) is 0 Å². The van der Waals surface area contributed by atoms with Gasteiger partial charge in [-0.25, -0.2) is 9.97 Å². The van der Waals surface area contributed by atoms with Crippen LogP contribution in [0.4, 0.5) is 0 Å². The van der Waals surface area contributed by atoms with Crippen LogP contribution in [0, 0.1) is 0 Å². The molecule has 0 spiro atoms. The number of furan rings is 1. The second kappa shape index (κ2) is 10.6. The fourth-order valence-electron chi connectivity index (χ4n) is 6.79. The summed E-state index contributed by atoms with van der Waals surface area (Å²) in [5.74, 6) is 0.651.